The van der Waals surface area contributed by atoms with E-state index in [4.69, 9.17) is 23.7 Å². The molecule has 8 nitrogen and oxygen atoms in total. The fourth-order valence-corrected chi connectivity index (χ4v) is 10.9. The van der Waals surface area contributed by atoms with E-state index in [9.17, 15) is 40.7 Å². The third-order valence-electron chi connectivity index (χ3n) is 12.1. The first-order valence-electron chi connectivity index (χ1n) is 16.5. The number of esters is 3. The minimum atomic E-state index is -4.45. The van der Waals surface area contributed by atoms with Crippen LogP contribution in [-0.2, 0) is 38.1 Å². The molecule has 4 unspecified atom stereocenters. The van der Waals surface area contributed by atoms with Crippen molar-refractivity contribution >= 4 is 17.9 Å². The molecule has 0 N–H and O–H groups in total. The van der Waals surface area contributed by atoms with Crippen LogP contribution in [0.1, 0.15) is 84.0 Å². The zero-order valence-corrected chi connectivity index (χ0v) is 26.3. The van der Waals surface area contributed by atoms with Gasteiger partial charge >= 0.3 is 41.6 Å². The van der Waals surface area contributed by atoms with Gasteiger partial charge in [0.2, 0.25) is 0 Å². The molecule has 1 heterocycles. The van der Waals surface area contributed by atoms with Gasteiger partial charge < -0.3 is 23.7 Å². The van der Waals surface area contributed by atoms with Gasteiger partial charge in [0.25, 0.3) is 0 Å². The Hall–Kier alpha value is -2.23. The standard InChI is InChI=1S/C32H38F8O8/c1-25(33,34)23(42)44-14-26-5-18-2-19(6-26)9-28(8-18,13-26)48-24(43)29(35,36)12-22(41)47-27-7-17-3-20(10-27)32(21(4-17)11-27)45-15-30(37,38)31(39,40)16-46-32/h17-21H,2-16H2,1H3. The molecule has 48 heavy (non-hydrogen) atoms. The minimum absolute atomic E-state index is 0.0264. The molecule has 1 spiro atoms. The van der Waals surface area contributed by atoms with Crippen molar-refractivity contribution in [3.8, 4) is 0 Å². The Labute approximate surface area is 270 Å². The van der Waals surface area contributed by atoms with E-state index in [2.05, 4.69) is 0 Å². The molecule has 9 fully saturated rings. The maximum absolute atomic E-state index is 15.4. The van der Waals surface area contributed by atoms with Crippen LogP contribution >= 0.6 is 0 Å². The molecule has 9 aliphatic rings. The summed E-state index contributed by atoms with van der Waals surface area (Å²) in [5.41, 5.74) is -3.40. The number of alkyl halides is 8. The Morgan fingerprint density at radius 2 is 1.25 bits per heavy atom. The number of hydrogen-bond acceptors (Lipinski definition) is 8. The number of carbonyl (C=O) groups is 3. The molecule has 8 aliphatic carbocycles. The molecule has 4 atom stereocenters. The summed E-state index contributed by atoms with van der Waals surface area (Å²) in [6.07, 6.45) is 1.77. The second-order valence-corrected chi connectivity index (χ2v) is 16.1. The van der Waals surface area contributed by atoms with E-state index in [0.29, 0.717) is 39.0 Å². The van der Waals surface area contributed by atoms with Crippen LogP contribution in [-0.4, -0.2) is 78.4 Å². The fourth-order valence-electron chi connectivity index (χ4n) is 10.9. The van der Waals surface area contributed by atoms with Gasteiger partial charge in [-0.2, -0.15) is 35.1 Å². The van der Waals surface area contributed by atoms with Crippen molar-refractivity contribution < 1.29 is 73.2 Å². The molecule has 0 aromatic rings. The first-order chi connectivity index (χ1) is 22.1. The summed E-state index contributed by atoms with van der Waals surface area (Å²) in [5, 5.41) is 0. The van der Waals surface area contributed by atoms with E-state index < -0.39 is 95.5 Å². The summed E-state index contributed by atoms with van der Waals surface area (Å²) in [6.45, 7) is -3.04. The molecule has 0 aromatic carbocycles. The van der Waals surface area contributed by atoms with Crippen LogP contribution in [0.3, 0.4) is 0 Å². The van der Waals surface area contributed by atoms with Crippen LogP contribution in [0.2, 0.25) is 0 Å². The Kier molecular flexibility index (Phi) is 7.59. The van der Waals surface area contributed by atoms with E-state index in [-0.39, 0.29) is 56.5 Å². The van der Waals surface area contributed by atoms with Crippen LogP contribution in [0.5, 0.6) is 0 Å². The molecule has 1 aliphatic heterocycles. The quantitative estimate of drug-likeness (QED) is 0.167. The Morgan fingerprint density at radius 1 is 0.708 bits per heavy atom. The van der Waals surface area contributed by atoms with Crippen molar-refractivity contribution in [2.75, 3.05) is 19.8 Å². The lowest BCUT2D eigenvalue weighted by Crippen LogP contribution is -2.66. The molecule has 16 heteroatoms. The summed E-state index contributed by atoms with van der Waals surface area (Å²) in [5.74, 6) is -25.2. The van der Waals surface area contributed by atoms with Crippen LogP contribution in [0, 0.1) is 35.0 Å². The van der Waals surface area contributed by atoms with Gasteiger partial charge in [-0.1, -0.05) is 0 Å². The SMILES string of the molecule is CC(F)(F)C(=O)OCC12CC3CC(C1)CC(OC(=O)C(F)(F)CC(=O)OC14CC5CC(C1)C1(OCC(F)(F)C(F)(F)CO1)C(C5)C4)(C3)C2. The second-order valence-electron chi connectivity index (χ2n) is 16.1. The van der Waals surface area contributed by atoms with Crippen molar-refractivity contribution in [2.24, 2.45) is 35.0 Å². The first-order valence-corrected chi connectivity index (χ1v) is 16.5. The zero-order chi connectivity index (χ0) is 34.8. The van der Waals surface area contributed by atoms with E-state index in [1.165, 1.54) is 0 Å². The maximum atomic E-state index is 15.4. The van der Waals surface area contributed by atoms with Gasteiger partial charge in [-0.15, -0.1) is 0 Å². The Bertz CT molecular complexity index is 1310. The van der Waals surface area contributed by atoms with Gasteiger partial charge in [-0.25, -0.2) is 9.59 Å². The summed E-state index contributed by atoms with van der Waals surface area (Å²) in [7, 11) is 0. The molecule has 270 valence electrons. The van der Waals surface area contributed by atoms with Crippen LogP contribution in [0.25, 0.3) is 0 Å². The topological polar surface area (TPSA) is 97.4 Å². The fraction of sp³-hybridized carbons (Fsp3) is 0.906. The Balaban J connectivity index is 0.993. The number of rotatable bonds is 8. The monoisotopic (exact) mass is 702 g/mol. The highest BCUT2D eigenvalue weighted by Crippen LogP contribution is 2.65. The van der Waals surface area contributed by atoms with Crippen molar-refractivity contribution in [2.45, 2.75) is 125 Å². The summed E-state index contributed by atoms with van der Waals surface area (Å²) in [6, 6.07) is 0. The smallest absolute Gasteiger partial charge is 0.378 e. The average Bonchev–Trinajstić information content (AvgIpc) is 3.02. The summed E-state index contributed by atoms with van der Waals surface area (Å²) < 4.78 is 141. The van der Waals surface area contributed by atoms with Crippen molar-refractivity contribution in [3.63, 3.8) is 0 Å². The molecule has 8 bridgehead atoms. The molecule has 0 radical (unpaired) electrons. The van der Waals surface area contributed by atoms with Gasteiger partial charge in [-0.3, -0.25) is 4.79 Å². The minimum Gasteiger partial charge on any atom is -0.461 e. The third kappa shape index (κ3) is 5.68. The van der Waals surface area contributed by atoms with Crippen LogP contribution in [0.4, 0.5) is 35.1 Å². The van der Waals surface area contributed by atoms with Gasteiger partial charge in [0.1, 0.15) is 30.8 Å². The zero-order valence-electron chi connectivity index (χ0n) is 26.3. The molecule has 8 saturated carbocycles. The lowest BCUT2D eigenvalue weighted by atomic mass is 9.48. The molecular weight excluding hydrogens is 664 g/mol. The highest BCUT2D eigenvalue weighted by Gasteiger charge is 2.70. The average molecular weight is 703 g/mol. The van der Waals surface area contributed by atoms with E-state index in [1.54, 1.807) is 0 Å². The molecular formula is C32H38F8O8. The highest BCUT2D eigenvalue weighted by molar-refractivity contribution is 5.84. The van der Waals surface area contributed by atoms with Gasteiger partial charge in [-0.05, 0) is 88.4 Å². The van der Waals surface area contributed by atoms with Gasteiger partial charge in [0, 0.05) is 24.2 Å². The number of carbonyl (C=O) groups excluding carboxylic acids is 3. The number of halogens is 8. The van der Waals surface area contributed by atoms with E-state index in [0.717, 1.165) is 6.42 Å². The normalized spacial score (nSPS) is 41.6. The van der Waals surface area contributed by atoms with Crippen LogP contribution in [0.15, 0.2) is 0 Å². The van der Waals surface area contributed by atoms with E-state index in [1.807, 2.05) is 0 Å². The molecule has 0 amide bonds. The third-order valence-corrected chi connectivity index (χ3v) is 12.1. The highest BCUT2D eigenvalue weighted by atomic mass is 19.3. The lowest BCUT2D eigenvalue weighted by molar-refractivity contribution is -0.355. The lowest BCUT2D eigenvalue weighted by Gasteiger charge is -2.63. The largest absolute Gasteiger partial charge is 0.461 e. The molecule has 0 aromatic heterocycles. The predicted molar refractivity (Wildman–Crippen MR) is 144 cm³/mol. The van der Waals surface area contributed by atoms with Crippen molar-refractivity contribution in [3.05, 3.63) is 0 Å². The summed E-state index contributed by atoms with van der Waals surface area (Å²) >= 11 is 0. The van der Waals surface area contributed by atoms with E-state index >= 15 is 8.78 Å². The number of hydrogen-bond donors (Lipinski definition) is 0. The molecule has 1 saturated heterocycles. The second kappa shape index (κ2) is 10.6. The van der Waals surface area contributed by atoms with Crippen LogP contribution < -0.4 is 0 Å². The van der Waals surface area contributed by atoms with Gasteiger partial charge in [0.15, 0.2) is 5.79 Å². The van der Waals surface area contributed by atoms with Crippen molar-refractivity contribution in [1.82, 2.24) is 0 Å². The number of ether oxygens (including phenoxy) is 5. The first kappa shape index (κ1) is 34.2. The van der Waals surface area contributed by atoms with Gasteiger partial charge in [0.05, 0.1) is 6.61 Å². The summed E-state index contributed by atoms with van der Waals surface area (Å²) in [4.78, 5) is 37.7. The van der Waals surface area contributed by atoms with Crippen molar-refractivity contribution in [1.29, 1.82) is 0 Å². The maximum Gasteiger partial charge on any atom is 0.378 e. The molecule has 9 rings (SSSR count). The Morgan fingerprint density at radius 3 is 1.79 bits per heavy atom. The predicted octanol–water partition coefficient (Wildman–Crippen LogP) is 6.23.